The van der Waals surface area contributed by atoms with E-state index in [1.165, 1.54) is 0 Å². The topological polar surface area (TPSA) is 32.9 Å². The van der Waals surface area contributed by atoms with Crippen LogP contribution in [0, 0.1) is 0 Å². The van der Waals surface area contributed by atoms with Crippen molar-refractivity contribution in [1.82, 2.24) is 4.98 Å². The number of rotatable bonds is 2. The number of hydrogen-bond donors (Lipinski definition) is 1. The van der Waals surface area contributed by atoms with Crippen LogP contribution in [0.5, 0.6) is 0 Å². The Labute approximate surface area is 86.0 Å². The molecule has 0 bridgehead atoms. The molecule has 0 aromatic carbocycles. The van der Waals surface area contributed by atoms with Crippen LogP contribution in [0.2, 0.25) is 0 Å². The highest BCUT2D eigenvalue weighted by molar-refractivity contribution is 9.10. The number of aromatic amines is 1. The SMILES string of the molecule is O=c1[nH]cc(C(F)F)c(Br)c1CCl. The fourth-order valence-corrected chi connectivity index (χ4v) is 1.87. The zero-order valence-electron chi connectivity index (χ0n) is 6.28. The van der Waals surface area contributed by atoms with Crippen LogP contribution in [0.3, 0.4) is 0 Å². The Kier molecular flexibility index (Phi) is 3.44. The molecule has 0 amide bonds. The third-order valence-electron chi connectivity index (χ3n) is 1.52. The van der Waals surface area contributed by atoms with Crippen molar-refractivity contribution in [3.05, 3.63) is 32.2 Å². The maximum Gasteiger partial charge on any atom is 0.266 e. The first-order valence-electron chi connectivity index (χ1n) is 3.32. The summed E-state index contributed by atoms with van der Waals surface area (Å²) in [5.41, 5.74) is -0.582. The Morgan fingerprint density at radius 1 is 1.62 bits per heavy atom. The second-order valence-corrected chi connectivity index (χ2v) is 3.36. The fourth-order valence-electron chi connectivity index (χ4n) is 0.846. The number of alkyl halides is 3. The molecule has 0 fully saturated rings. The largest absolute Gasteiger partial charge is 0.328 e. The molecule has 1 N–H and O–H groups in total. The molecule has 1 heterocycles. The second kappa shape index (κ2) is 4.19. The fraction of sp³-hybridized carbons (Fsp3) is 0.286. The van der Waals surface area contributed by atoms with Gasteiger partial charge in [-0.3, -0.25) is 4.79 Å². The highest BCUT2D eigenvalue weighted by atomic mass is 79.9. The van der Waals surface area contributed by atoms with Crippen LogP contribution in [0.1, 0.15) is 17.6 Å². The molecule has 0 unspecified atom stereocenters. The molecule has 0 atom stereocenters. The lowest BCUT2D eigenvalue weighted by molar-refractivity contribution is 0.150. The first kappa shape index (κ1) is 10.7. The van der Waals surface area contributed by atoms with E-state index in [1.807, 2.05) is 0 Å². The Morgan fingerprint density at radius 2 is 2.23 bits per heavy atom. The lowest BCUT2D eigenvalue weighted by Gasteiger charge is -2.05. The van der Waals surface area contributed by atoms with Crippen LogP contribution < -0.4 is 5.56 Å². The first-order chi connectivity index (χ1) is 6.07. The summed E-state index contributed by atoms with van der Waals surface area (Å²) in [6.07, 6.45) is -1.65. The van der Waals surface area contributed by atoms with Crippen molar-refractivity contribution in [3.63, 3.8) is 0 Å². The van der Waals surface area contributed by atoms with Gasteiger partial charge in [-0.1, -0.05) is 0 Å². The van der Waals surface area contributed by atoms with Gasteiger partial charge in [0.15, 0.2) is 0 Å². The minimum Gasteiger partial charge on any atom is -0.328 e. The smallest absolute Gasteiger partial charge is 0.266 e. The number of H-pyrrole nitrogens is 1. The molecular formula is C7H5BrClF2NO. The van der Waals surface area contributed by atoms with Gasteiger partial charge in [-0.25, -0.2) is 8.78 Å². The molecule has 2 nitrogen and oxygen atoms in total. The van der Waals surface area contributed by atoms with Crippen LogP contribution >= 0.6 is 27.5 Å². The van der Waals surface area contributed by atoms with Crippen LogP contribution in [-0.2, 0) is 5.88 Å². The number of nitrogens with one attached hydrogen (secondary N) is 1. The molecule has 0 aliphatic rings. The molecule has 0 aliphatic carbocycles. The lowest BCUT2D eigenvalue weighted by Crippen LogP contribution is -2.13. The van der Waals surface area contributed by atoms with Gasteiger partial charge in [0.25, 0.3) is 12.0 Å². The molecule has 0 saturated carbocycles. The lowest BCUT2D eigenvalue weighted by atomic mass is 10.2. The molecule has 13 heavy (non-hydrogen) atoms. The summed E-state index contributed by atoms with van der Waals surface area (Å²) in [7, 11) is 0. The minimum absolute atomic E-state index is 0.0845. The maximum absolute atomic E-state index is 12.3. The van der Waals surface area contributed by atoms with E-state index in [2.05, 4.69) is 20.9 Å². The molecule has 0 saturated heterocycles. The Morgan fingerprint density at radius 3 is 2.69 bits per heavy atom. The number of hydrogen-bond acceptors (Lipinski definition) is 1. The predicted octanol–water partition coefficient (Wildman–Crippen LogP) is 2.81. The highest BCUT2D eigenvalue weighted by Gasteiger charge is 2.16. The maximum atomic E-state index is 12.3. The normalized spacial score (nSPS) is 10.8. The summed E-state index contributed by atoms with van der Waals surface area (Å²) in [4.78, 5) is 13.2. The van der Waals surface area contributed by atoms with Gasteiger partial charge in [-0.05, 0) is 15.9 Å². The molecule has 0 spiro atoms. The van der Waals surface area contributed by atoms with Crippen molar-refractivity contribution in [2.24, 2.45) is 0 Å². The summed E-state index contributed by atoms with van der Waals surface area (Å²) < 4.78 is 24.6. The summed E-state index contributed by atoms with van der Waals surface area (Å²) >= 11 is 8.33. The average molecular weight is 272 g/mol. The molecule has 6 heteroatoms. The quantitative estimate of drug-likeness (QED) is 0.825. The zero-order chi connectivity index (χ0) is 10.0. The van der Waals surface area contributed by atoms with Gasteiger partial charge in [-0.2, -0.15) is 0 Å². The molecule has 0 radical (unpaired) electrons. The van der Waals surface area contributed by atoms with Crippen molar-refractivity contribution in [2.45, 2.75) is 12.3 Å². The van der Waals surface area contributed by atoms with Gasteiger partial charge in [0, 0.05) is 21.8 Å². The van der Waals surface area contributed by atoms with E-state index in [0.29, 0.717) is 0 Å². The van der Waals surface area contributed by atoms with Crippen molar-refractivity contribution in [3.8, 4) is 0 Å². The third kappa shape index (κ3) is 2.08. The first-order valence-corrected chi connectivity index (χ1v) is 4.64. The van der Waals surface area contributed by atoms with E-state index in [1.54, 1.807) is 0 Å². The number of aromatic nitrogens is 1. The van der Waals surface area contributed by atoms with Crippen LogP contribution in [-0.4, -0.2) is 4.98 Å². The third-order valence-corrected chi connectivity index (χ3v) is 2.72. The standard InChI is InChI=1S/C7H5BrClF2NO/c8-5-3(1-9)7(13)12-2-4(5)6(10)11/h2,6H,1H2,(H,12,13). The van der Waals surface area contributed by atoms with E-state index in [0.717, 1.165) is 6.20 Å². The molecular weight excluding hydrogens is 267 g/mol. The van der Waals surface area contributed by atoms with Crippen molar-refractivity contribution < 1.29 is 8.78 Å². The molecule has 1 aromatic rings. The van der Waals surface area contributed by atoms with E-state index in [-0.39, 0.29) is 21.5 Å². The second-order valence-electron chi connectivity index (χ2n) is 2.30. The van der Waals surface area contributed by atoms with Gasteiger partial charge < -0.3 is 4.98 Å². The van der Waals surface area contributed by atoms with Crippen LogP contribution in [0.15, 0.2) is 15.5 Å². The summed E-state index contributed by atoms with van der Waals surface area (Å²) in [6.45, 7) is 0. The van der Waals surface area contributed by atoms with E-state index >= 15 is 0 Å². The minimum atomic E-state index is -2.63. The summed E-state index contributed by atoms with van der Waals surface area (Å²) in [6, 6.07) is 0. The van der Waals surface area contributed by atoms with Gasteiger partial charge >= 0.3 is 0 Å². The van der Waals surface area contributed by atoms with Gasteiger partial charge in [0.2, 0.25) is 0 Å². The molecule has 72 valence electrons. The zero-order valence-corrected chi connectivity index (χ0v) is 8.62. The van der Waals surface area contributed by atoms with E-state index in [4.69, 9.17) is 11.6 Å². The summed E-state index contributed by atoms with van der Waals surface area (Å²) in [5.74, 6) is -0.101. The number of halogens is 4. The Balaban J connectivity index is 3.36. The van der Waals surface area contributed by atoms with Crippen LogP contribution in [0.25, 0.3) is 0 Å². The van der Waals surface area contributed by atoms with Crippen molar-refractivity contribution in [2.75, 3.05) is 0 Å². The predicted molar refractivity (Wildman–Crippen MR) is 49.3 cm³/mol. The summed E-state index contributed by atoms with van der Waals surface area (Å²) in [5, 5.41) is 0. The van der Waals surface area contributed by atoms with E-state index < -0.39 is 12.0 Å². The van der Waals surface area contributed by atoms with Crippen molar-refractivity contribution in [1.29, 1.82) is 0 Å². The van der Waals surface area contributed by atoms with Crippen molar-refractivity contribution >= 4 is 27.5 Å². The Bertz CT molecular complexity index is 366. The number of pyridine rings is 1. The monoisotopic (exact) mass is 271 g/mol. The van der Waals surface area contributed by atoms with Crippen LogP contribution in [0.4, 0.5) is 8.78 Å². The van der Waals surface area contributed by atoms with Gasteiger partial charge in [0.1, 0.15) is 0 Å². The van der Waals surface area contributed by atoms with Gasteiger partial charge in [-0.15, -0.1) is 11.6 Å². The van der Waals surface area contributed by atoms with Gasteiger partial charge in [0.05, 0.1) is 5.88 Å². The molecule has 0 aliphatic heterocycles. The molecule has 1 aromatic heterocycles. The highest BCUT2D eigenvalue weighted by Crippen LogP contribution is 2.28. The van der Waals surface area contributed by atoms with E-state index in [9.17, 15) is 13.6 Å². The average Bonchev–Trinajstić information content (AvgIpc) is 2.04. The molecule has 1 rings (SSSR count). The Hall–Kier alpha value is -0.420.